The molecule has 0 amide bonds. The summed E-state index contributed by atoms with van der Waals surface area (Å²) in [5, 5.41) is 0. The molecule has 120 valence electrons. The summed E-state index contributed by atoms with van der Waals surface area (Å²) < 4.78 is 25.7. The van der Waals surface area contributed by atoms with E-state index in [1.54, 1.807) is 20.8 Å². The van der Waals surface area contributed by atoms with E-state index in [9.17, 15) is 22.8 Å². The molecule has 0 fully saturated rings. The zero-order valence-electron chi connectivity index (χ0n) is 12.8. The number of aromatic amines is 1. The van der Waals surface area contributed by atoms with Crippen LogP contribution in [0.2, 0.25) is 0 Å². The first kappa shape index (κ1) is 16.1. The van der Waals surface area contributed by atoms with E-state index in [1.807, 2.05) is 4.98 Å². The van der Waals surface area contributed by atoms with Crippen LogP contribution in [-0.2, 0) is 17.1 Å². The Morgan fingerprint density at radius 1 is 1.23 bits per heavy atom. The van der Waals surface area contributed by atoms with Crippen molar-refractivity contribution >= 4 is 27.0 Å². The van der Waals surface area contributed by atoms with Gasteiger partial charge in [0.1, 0.15) is 0 Å². The lowest BCUT2D eigenvalue weighted by Crippen LogP contribution is -2.31. The summed E-state index contributed by atoms with van der Waals surface area (Å²) in [4.78, 5) is 42.0. The minimum absolute atomic E-state index is 0.160. The number of rotatable bonds is 2. The van der Waals surface area contributed by atoms with Gasteiger partial charge in [-0.25, -0.2) is 22.2 Å². The summed E-state index contributed by atoms with van der Waals surface area (Å²) in [6.45, 7) is 4.81. The van der Waals surface area contributed by atoms with Crippen LogP contribution in [0.15, 0.2) is 9.59 Å². The number of H-pyrrole nitrogens is 1. The summed E-state index contributed by atoms with van der Waals surface area (Å²) in [6.07, 6.45) is 0.859. The van der Waals surface area contributed by atoms with E-state index in [2.05, 4.69) is 4.98 Å². The minimum Gasteiger partial charge on any atom is -0.290 e. The van der Waals surface area contributed by atoms with Crippen molar-refractivity contribution < 1.29 is 13.2 Å². The maximum absolute atomic E-state index is 12.5. The molecule has 10 heteroatoms. The Kier molecular flexibility index (Phi) is 3.40. The molecule has 2 heterocycles. The van der Waals surface area contributed by atoms with Crippen LogP contribution in [0.4, 0.5) is 0 Å². The Hall–Kier alpha value is -2.23. The van der Waals surface area contributed by atoms with E-state index >= 15 is 0 Å². The molecule has 0 radical (unpaired) electrons. The molecule has 0 aliphatic rings. The Balaban J connectivity index is 3.11. The second-order valence-electron chi connectivity index (χ2n) is 6.03. The first-order chi connectivity index (χ1) is 9.85. The van der Waals surface area contributed by atoms with Crippen LogP contribution in [0.25, 0.3) is 11.2 Å². The van der Waals surface area contributed by atoms with Gasteiger partial charge in [-0.05, 0) is 0 Å². The van der Waals surface area contributed by atoms with Gasteiger partial charge in [0.05, 0.1) is 6.26 Å². The average Bonchev–Trinajstić information content (AvgIpc) is 2.74. The second kappa shape index (κ2) is 4.63. The monoisotopic (exact) mass is 328 g/mol. The molecule has 0 spiro atoms. The average molecular weight is 328 g/mol. The number of nitrogens with zero attached hydrogens (tertiary/aromatic N) is 3. The van der Waals surface area contributed by atoms with Crippen molar-refractivity contribution in [2.24, 2.45) is 12.5 Å². The smallest absolute Gasteiger partial charge is 0.290 e. The Morgan fingerprint density at radius 3 is 2.23 bits per heavy atom. The van der Waals surface area contributed by atoms with Crippen molar-refractivity contribution in [3.63, 3.8) is 0 Å². The molecule has 1 N–H and O–H groups in total. The van der Waals surface area contributed by atoms with Crippen LogP contribution in [0, 0.1) is 5.41 Å². The fourth-order valence-electron chi connectivity index (χ4n) is 1.96. The molecular weight excluding hydrogens is 312 g/mol. The normalized spacial score (nSPS) is 12.8. The van der Waals surface area contributed by atoms with Crippen molar-refractivity contribution in [3.8, 4) is 0 Å². The quantitative estimate of drug-likeness (QED) is 0.738. The number of aryl methyl sites for hydroxylation is 1. The lowest BCUT2D eigenvalue weighted by atomic mass is 9.90. The molecule has 2 aromatic heterocycles. The highest BCUT2D eigenvalue weighted by molar-refractivity contribution is 7.89. The van der Waals surface area contributed by atoms with Crippen LogP contribution in [0.5, 0.6) is 0 Å². The van der Waals surface area contributed by atoms with Gasteiger partial charge in [0.25, 0.3) is 5.56 Å². The molecule has 2 aromatic rings. The number of hydrogen-bond donors (Lipinski definition) is 1. The lowest BCUT2D eigenvalue weighted by Gasteiger charge is -2.16. The molecule has 0 aliphatic carbocycles. The standard InChI is InChI=1S/C12H16N4O5S/c1-12(2,3)7(17)9-13-8-6(16(9)22(5,20)21)10(18)14-11(19)15(8)4/h1-5H3,(H,14,18,19). The summed E-state index contributed by atoms with van der Waals surface area (Å²) in [6, 6.07) is 0. The number of imidazole rings is 1. The number of fused-ring (bicyclic) bond motifs is 1. The number of nitrogens with one attached hydrogen (secondary N) is 1. The van der Waals surface area contributed by atoms with E-state index < -0.39 is 38.3 Å². The van der Waals surface area contributed by atoms with Crippen LogP contribution >= 0.6 is 0 Å². The predicted molar refractivity (Wildman–Crippen MR) is 79.6 cm³/mol. The van der Waals surface area contributed by atoms with E-state index in [4.69, 9.17) is 0 Å². The molecule has 2 rings (SSSR count). The van der Waals surface area contributed by atoms with Crippen molar-refractivity contribution in [1.29, 1.82) is 0 Å². The van der Waals surface area contributed by atoms with Gasteiger partial charge in [-0.15, -0.1) is 0 Å². The fraction of sp³-hybridized carbons (Fsp3) is 0.500. The van der Waals surface area contributed by atoms with Gasteiger partial charge in [-0.2, -0.15) is 0 Å². The Bertz CT molecular complexity index is 1000. The molecule has 9 nitrogen and oxygen atoms in total. The number of aromatic nitrogens is 4. The van der Waals surface area contributed by atoms with Crippen LogP contribution < -0.4 is 11.2 Å². The molecule has 0 unspecified atom stereocenters. The van der Waals surface area contributed by atoms with E-state index in [1.165, 1.54) is 7.05 Å². The number of carbonyl (C=O) groups excluding carboxylic acids is 1. The van der Waals surface area contributed by atoms with Gasteiger partial charge in [0.2, 0.25) is 15.8 Å². The zero-order chi connectivity index (χ0) is 17.0. The zero-order valence-corrected chi connectivity index (χ0v) is 13.6. The predicted octanol–water partition coefficient (Wildman–Crippen LogP) is -0.540. The number of Topliss-reactive ketones (excluding diaryl/α,β-unsaturated/α-hetero) is 1. The number of carbonyl (C=O) groups is 1. The number of hydrogen-bond acceptors (Lipinski definition) is 6. The summed E-state index contributed by atoms with van der Waals surface area (Å²) >= 11 is 0. The van der Waals surface area contributed by atoms with Crippen molar-refractivity contribution in [1.82, 2.24) is 18.5 Å². The van der Waals surface area contributed by atoms with Crippen molar-refractivity contribution in [3.05, 3.63) is 26.7 Å². The third-order valence-electron chi connectivity index (χ3n) is 3.09. The lowest BCUT2D eigenvalue weighted by molar-refractivity contribution is 0.0846. The van der Waals surface area contributed by atoms with Gasteiger partial charge in [-0.3, -0.25) is 19.1 Å². The van der Waals surface area contributed by atoms with Crippen LogP contribution in [0.3, 0.4) is 0 Å². The van der Waals surface area contributed by atoms with Gasteiger partial charge in [-0.1, -0.05) is 20.8 Å². The van der Waals surface area contributed by atoms with Gasteiger partial charge < -0.3 is 0 Å². The molecule has 0 atom stereocenters. The summed E-state index contributed by atoms with van der Waals surface area (Å²) in [7, 11) is -2.65. The summed E-state index contributed by atoms with van der Waals surface area (Å²) in [5.41, 5.74) is -3.08. The molecule has 22 heavy (non-hydrogen) atoms. The SMILES string of the molecule is Cn1c(=O)[nH]c(=O)c2c1nc(C(=O)C(C)(C)C)n2S(C)(=O)=O. The van der Waals surface area contributed by atoms with E-state index in [0.29, 0.717) is 3.97 Å². The fourth-order valence-corrected chi connectivity index (χ4v) is 2.89. The molecule has 0 aliphatic heterocycles. The maximum Gasteiger partial charge on any atom is 0.329 e. The highest BCUT2D eigenvalue weighted by atomic mass is 32.2. The molecule has 0 aromatic carbocycles. The van der Waals surface area contributed by atoms with Gasteiger partial charge >= 0.3 is 5.69 Å². The Morgan fingerprint density at radius 2 is 1.77 bits per heavy atom. The van der Waals surface area contributed by atoms with Crippen molar-refractivity contribution in [2.45, 2.75) is 20.8 Å². The molecule has 0 saturated heterocycles. The Labute approximate surface area is 125 Å². The molecule has 0 saturated carbocycles. The summed E-state index contributed by atoms with van der Waals surface area (Å²) in [5.74, 6) is -0.947. The minimum atomic E-state index is -3.98. The van der Waals surface area contributed by atoms with Crippen molar-refractivity contribution in [2.75, 3.05) is 6.26 Å². The third kappa shape index (κ3) is 2.39. The highest BCUT2D eigenvalue weighted by Gasteiger charge is 2.33. The van der Waals surface area contributed by atoms with Gasteiger partial charge in [0, 0.05) is 12.5 Å². The maximum atomic E-state index is 12.5. The number of ketones is 1. The van der Waals surface area contributed by atoms with Crippen LogP contribution in [0.1, 0.15) is 31.4 Å². The highest BCUT2D eigenvalue weighted by Crippen LogP contribution is 2.23. The van der Waals surface area contributed by atoms with Crippen LogP contribution in [-0.4, -0.2) is 39.0 Å². The van der Waals surface area contributed by atoms with Gasteiger partial charge in [0.15, 0.2) is 17.0 Å². The second-order valence-corrected chi connectivity index (χ2v) is 7.86. The first-order valence-electron chi connectivity index (χ1n) is 6.33. The third-order valence-corrected chi connectivity index (χ3v) is 4.11. The first-order valence-corrected chi connectivity index (χ1v) is 8.17. The largest absolute Gasteiger partial charge is 0.329 e. The van der Waals surface area contributed by atoms with E-state index in [-0.39, 0.29) is 11.2 Å². The van der Waals surface area contributed by atoms with E-state index in [0.717, 1.165) is 10.8 Å². The topological polar surface area (TPSA) is 124 Å². The molecule has 0 bridgehead atoms. The molecular formula is C12H16N4O5S.